The molecule has 2 nitrogen and oxygen atoms in total. The number of hydrogen-bond donors (Lipinski definition) is 1. The summed E-state index contributed by atoms with van der Waals surface area (Å²) in [6, 6.07) is 3.40. The van der Waals surface area contributed by atoms with Crippen LogP contribution in [0.5, 0.6) is 0 Å². The van der Waals surface area contributed by atoms with E-state index < -0.39 is 0 Å². The smallest absolute Gasteiger partial charge is 0.0128 e. The van der Waals surface area contributed by atoms with Gasteiger partial charge in [0, 0.05) is 24.2 Å². The first-order valence-corrected chi connectivity index (χ1v) is 7.79. The zero-order valence-corrected chi connectivity index (χ0v) is 11.5. The summed E-state index contributed by atoms with van der Waals surface area (Å²) in [5.41, 5.74) is 0. The molecule has 3 fully saturated rings. The van der Waals surface area contributed by atoms with Crippen LogP contribution in [0, 0.1) is 5.92 Å². The van der Waals surface area contributed by atoms with Crippen LogP contribution in [-0.2, 0) is 0 Å². The third-order valence-corrected chi connectivity index (χ3v) is 5.23. The Hall–Kier alpha value is -0.0800. The van der Waals surface area contributed by atoms with E-state index >= 15 is 0 Å². The Morgan fingerprint density at radius 2 is 1.76 bits per heavy atom. The van der Waals surface area contributed by atoms with Crippen molar-refractivity contribution < 1.29 is 0 Å². The first kappa shape index (κ1) is 12.0. The van der Waals surface area contributed by atoms with Gasteiger partial charge in [-0.3, -0.25) is 4.90 Å². The minimum atomic E-state index is 0.838. The highest BCUT2D eigenvalue weighted by Crippen LogP contribution is 2.38. The standard InChI is InChI=1S/C15H28N2/c1-3-8-17(11(2)12-4-5-12)15-9-13-6-7-14(10-15)16-13/h11-16H,3-10H2,1-2H3. The zero-order chi connectivity index (χ0) is 11.8. The van der Waals surface area contributed by atoms with E-state index in [2.05, 4.69) is 24.1 Å². The normalized spacial score (nSPS) is 38.6. The molecule has 0 radical (unpaired) electrons. The summed E-state index contributed by atoms with van der Waals surface area (Å²) in [5, 5.41) is 3.77. The molecule has 2 bridgehead atoms. The quantitative estimate of drug-likeness (QED) is 0.789. The molecule has 1 saturated carbocycles. The molecule has 0 amide bonds. The summed E-state index contributed by atoms with van der Waals surface area (Å²) < 4.78 is 0. The monoisotopic (exact) mass is 236 g/mol. The Kier molecular flexibility index (Phi) is 3.45. The summed E-state index contributed by atoms with van der Waals surface area (Å²) in [6.45, 7) is 6.14. The number of nitrogens with one attached hydrogen (secondary N) is 1. The van der Waals surface area contributed by atoms with E-state index in [1.807, 2.05) is 0 Å². The molecule has 3 unspecified atom stereocenters. The summed E-state index contributed by atoms with van der Waals surface area (Å²) in [4.78, 5) is 2.86. The maximum Gasteiger partial charge on any atom is 0.0128 e. The van der Waals surface area contributed by atoms with Gasteiger partial charge in [0.15, 0.2) is 0 Å². The van der Waals surface area contributed by atoms with E-state index in [9.17, 15) is 0 Å². The van der Waals surface area contributed by atoms with Crippen LogP contribution in [0.15, 0.2) is 0 Å². The lowest BCUT2D eigenvalue weighted by Gasteiger charge is -2.41. The van der Waals surface area contributed by atoms with E-state index in [1.54, 1.807) is 0 Å². The van der Waals surface area contributed by atoms with Gasteiger partial charge >= 0.3 is 0 Å². The molecule has 98 valence electrons. The van der Waals surface area contributed by atoms with Crippen LogP contribution < -0.4 is 5.32 Å². The van der Waals surface area contributed by atoms with Gasteiger partial charge in [0.2, 0.25) is 0 Å². The van der Waals surface area contributed by atoms with Gasteiger partial charge in [-0.1, -0.05) is 6.92 Å². The zero-order valence-electron chi connectivity index (χ0n) is 11.5. The molecular weight excluding hydrogens is 208 g/mol. The van der Waals surface area contributed by atoms with Crippen molar-refractivity contribution >= 4 is 0 Å². The van der Waals surface area contributed by atoms with Crippen molar-refractivity contribution in [2.75, 3.05) is 6.54 Å². The molecule has 1 N–H and O–H groups in total. The molecule has 2 aliphatic heterocycles. The molecule has 0 spiro atoms. The van der Waals surface area contributed by atoms with Gasteiger partial charge in [-0.15, -0.1) is 0 Å². The fourth-order valence-electron chi connectivity index (χ4n) is 4.12. The third-order valence-electron chi connectivity index (χ3n) is 5.23. The van der Waals surface area contributed by atoms with Crippen molar-refractivity contribution in [2.45, 2.75) is 83.0 Å². The van der Waals surface area contributed by atoms with Gasteiger partial charge in [-0.2, -0.15) is 0 Å². The van der Waals surface area contributed by atoms with Crippen LogP contribution >= 0.6 is 0 Å². The lowest BCUT2D eigenvalue weighted by atomic mass is 9.95. The maximum atomic E-state index is 3.77. The van der Waals surface area contributed by atoms with Gasteiger partial charge in [0.25, 0.3) is 0 Å². The molecule has 17 heavy (non-hydrogen) atoms. The minimum absolute atomic E-state index is 0.838. The second kappa shape index (κ2) is 4.89. The molecule has 3 atom stereocenters. The first-order chi connectivity index (χ1) is 8.28. The molecular formula is C15H28N2. The van der Waals surface area contributed by atoms with Crippen molar-refractivity contribution in [3.05, 3.63) is 0 Å². The Labute approximate surface area is 106 Å². The molecule has 2 saturated heterocycles. The Morgan fingerprint density at radius 1 is 1.12 bits per heavy atom. The van der Waals surface area contributed by atoms with Gasteiger partial charge < -0.3 is 5.32 Å². The van der Waals surface area contributed by atoms with Crippen LogP contribution in [0.25, 0.3) is 0 Å². The van der Waals surface area contributed by atoms with Crippen LogP contribution in [-0.4, -0.2) is 35.6 Å². The van der Waals surface area contributed by atoms with Gasteiger partial charge in [0.05, 0.1) is 0 Å². The van der Waals surface area contributed by atoms with Crippen molar-refractivity contribution in [3.63, 3.8) is 0 Å². The van der Waals surface area contributed by atoms with Crippen LogP contribution in [0.3, 0.4) is 0 Å². The van der Waals surface area contributed by atoms with Crippen molar-refractivity contribution in [3.8, 4) is 0 Å². The highest BCUT2D eigenvalue weighted by Gasteiger charge is 2.40. The van der Waals surface area contributed by atoms with E-state index in [0.29, 0.717) is 0 Å². The molecule has 2 heteroatoms. The average Bonchev–Trinajstić information content (AvgIpc) is 3.12. The third kappa shape index (κ3) is 2.53. The van der Waals surface area contributed by atoms with Crippen molar-refractivity contribution in [2.24, 2.45) is 5.92 Å². The lowest BCUT2D eigenvalue weighted by Crippen LogP contribution is -2.51. The Bertz CT molecular complexity index is 250. The van der Waals surface area contributed by atoms with Gasteiger partial charge in [0.1, 0.15) is 0 Å². The van der Waals surface area contributed by atoms with Crippen molar-refractivity contribution in [1.82, 2.24) is 10.2 Å². The molecule has 0 aromatic rings. The lowest BCUT2D eigenvalue weighted by molar-refractivity contribution is 0.0906. The number of hydrogen-bond acceptors (Lipinski definition) is 2. The second-order valence-corrected chi connectivity index (χ2v) is 6.58. The van der Waals surface area contributed by atoms with E-state index in [0.717, 1.165) is 30.1 Å². The highest BCUT2D eigenvalue weighted by atomic mass is 15.2. The number of rotatable bonds is 5. The number of fused-ring (bicyclic) bond motifs is 2. The second-order valence-electron chi connectivity index (χ2n) is 6.58. The molecule has 3 aliphatic rings. The summed E-state index contributed by atoms with van der Waals surface area (Å²) >= 11 is 0. The summed E-state index contributed by atoms with van der Waals surface area (Å²) in [7, 11) is 0. The Balaban J connectivity index is 1.65. The SMILES string of the molecule is CCCN(C1CC2CCC(C1)N2)C(C)C1CC1. The largest absolute Gasteiger partial charge is 0.311 e. The summed E-state index contributed by atoms with van der Waals surface area (Å²) in [6.07, 6.45) is 9.97. The van der Waals surface area contributed by atoms with E-state index in [1.165, 1.54) is 51.5 Å². The van der Waals surface area contributed by atoms with E-state index in [-0.39, 0.29) is 0 Å². The Morgan fingerprint density at radius 3 is 2.29 bits per heavy atom. The fraction of sp³-hybridized carbons (Fsp3) is 1.00. The van der Waals surface area contributed by atoms with Crippen LogP contribution in [0.2, 0.25) is 0 Å². The number of piperidine rings is 1. The highest BCUT2D eigenvalue weighted by molar-refractivity contribution is 4.98. The van der Waals surface area contributed by atoms with Crippen molar-refractivity contribution in [1.29, 1.82) is 0 Å². The predicted molar refractivity (Wildman–Crippen MR) is 72.2 cm³/mol. The molecule has 0 aromatic carbocycles. The number of nitrogens with zero attached hydrogens (tertiary/aromatic N) is 1. The predicted octanol–water partition coefficient (Wildman–Crippen LogP) is 2.78. The minimum Gasteiger partial charge on any atom is -0.311 e. The van der Waals surface area contributed by atoms with Crippen LogP contribution in [0.1, 0.15) is 58.8 Å². The van der Waals surface area contributed by atoms with Gasteiger partial charge in [-0.05, 0) is 64.3 Å². The molecule has 0 aromatic heterocycles. The van der Waals surface area contributed by atoms with E-state index in [4.69, 9.17) is 0 Å². The topological polar surface area (TPSA) is 15.3 Å². The molecule has 3 rings (SSSR count). The average molecular weight is 236 g/mol. The molecule has 2 heterocycles. The maximum absolute atomic E-state index is 3.77. The fourth-order valence-corrected chi connectivity index (χ4v) is 4.12. The van der Waals surface area contributed by atoms with Gasteiger partial charge in [-0.25, -0.2) is 0 Å². The summed E-state index contributed by atoms with van der Waals surface area (Å²) in [5.74, 6) is 1.02. The van der Waals surface area contributed by atoms with Crippen LogP contribution in [0.4, 0.5) is 0 Å². The molecule has 1 aliphatic carbocycles. The first-order valence-electron chi connectivity index (χ1n) is 7.79.